The van der Waals surface area contributed by atoms with Crippen molar-refractivity contribution in [1.29, 1.82) is 0 Å². The smallest absolute Gasteiger partial charge is 0.392 e. The average molecular weight is 355 g/mol. The fourth-order valence-electron chi connectivity index (χ4n) is 2.97. The molecule has 10 heteroatoms. The number of hydrogen-bond acceptors (Lipinski definition) is 5. The van der Waals surface area contributed by atoms with Gasteiger partial charge in [-0.3, -0.25) is 14.3 Å². The van der Waals surface area contributed by atoms with Crippen molar-refractivity contribution < 1.29 is 23.1 Å². The van der Waals surface area contributed by atoms with E-state index in [1.807, 2.05) is 0 Å². The summed E-state index contributed by atoms with van der Waals surface area (Å²) in [5.74, 6) is -2.77. The number of piperidine rings is 1. The lowest BCUT2D eigenvalue weighted by Crippen LogP contribution is -2.49. The Morgan fingerprint density at radius 3 is 2.76 bits per heavy atom. The van der Waals surface area contributed by atoms with Crippen molar-refractivity contribution in [3.63, 3.8) is 0 Å². The number of halogens is 3. The Kier molecular flexibility index (Phi) is 4.71. The number of imidazole rings is 1. The molecule has 2 aromatic rings. The van der Waals surface area contributed by atoms with Crippen LogP contribution < -0.4 is 0 Å². The van der Waals surface area contributed by atoms with Gasteiger partial charge in [-0.1, -0.05) is 0 Å². The Hall–Kier alpha value is -2.49. The second kappa shape index (κ2) is 6.79. The van der Waals surface area contributed by atoms with E-state index in [0.717, 1.165) is 0 Å². The lowest BCUT2D eigenvalue weighted by molar-refractivity contribution is -0.202. The summed E-state index contributed by atoms with van der Waals surface area (Å²) in [5, 5.41) is 9.29. The second-order valence-corrected chi connectivity index (χ2v) is 5.86. The lowest BCUT2D eigenvalue weighted by Gasteiger charge is -2.38. The van der Waals surface area contributed by atoms with Crippen molar-refractivity contribution in [3.8, 4) is 5.82 Å². The van der Waals surface area contributed by atoms with Gasteiger partial charge in [0.05, 0.1) is 18.3 Å². The van der Waals surface area contributed by atoms with Crippen LogP contribution >= 0.6 is 0 Å². The topological polar surface area (TPSA) is 84.1 Å². The molecule has 0 spiro atoms. The Labute approximate surface area is 141 Å². The summed E-state index contributed by atoms with van der Waals surface area (Å²) < 4.78 is 40.5. The van der Waals surface area contributed by atoms with Crippen molar-refractivity contribution in [2.75, 3.05) is 19.7 Å². The number of aromatic nitrogens is 4. The minimum atomic E-state index is -4.39. The lowest BCUT2D eigenvalue weighted by atomic mass is 9.85. The first-order chi connectivity index (χ1) is 11.9. The van der Waals surface area contributed by atoms with E-state index in [1.165, 1.54) is 23.6 Å². The molecule has 134 valence electrons. The van der Waals surface area contributed by atoms with Gasteiger partial charge in [-0.15, -0.1) is 0 Å². The van der Waals surface area contributed by atoms with Crippen molar-refractivity contribution in [1.82, 2.24) is 24.4 Å². The van der Waals surface area contributed by atoms with Crippen LogP contribution in [0.15, 0.2) is 31.1 Å². The van der Waals surface area contributed by atoms with E-state index in [1.54, 1.807) is 17.0 Å². The van der Waals surface area contributed by atoms with Crippen LogP contribution in [0.3, 0.4) is 0 Å². The van der Waals surface area contributed by atoms with Crippen LogP contribution in [-0.4, -0.2) is 61.3 Å². The highest BCUT2D eigenvalue weighted by Crippen LogP contribution is 2.37. The molecule has 1 saturated heterocycles. The Bertz CT molecular complexity index is 735. The monoisotopic (exact) mass is 355 g/mol. The highest BCUT2D eigenvalue weighted by molar-refractivity contribution is 5.92. The van der Waals surface area contributed by atoms with Gasteiger partial charge in [-0.25, -0.2) is 9.97 Å². The van der Waals surface area contributed by atoms with Gasteiger partial charge in [-0.2, -0.15) is 13.2 Å². The highest BCUT2D eigenvalue weighted by Gasteiger charge is 2.47. The normalized spacial score (nSPS) is 21.4. The molecule has 1 fully saturated rings. The van der Waals surface area contributed by atoms with E-state index in [-0.39, 0.29) is 25.2 Å². The van der Waals surface area contributed by atoms with Crippen LogP contribution in [0.5, 0.6) is 0 Å². The van der Waals surface area contributed by atoms with E-state index < -0.39 is 30.5 Å². The van der Waals surface area contributed by atoms with Crippen molar-refractivity contribution in [2.45, 2.75) is 12.6 Å². The van der Waals surface area contributed by atoms with E-state index in [2.05, 4.69) is 15.0 Å². The molecule has 2 atom stereocenters. The highest BCUT2D eigenvalue weighted by atomic mass is 19.4. The van der Waals surface area contributed by atoms with Gasteiger partial charge in [0.1, 0.15) is 12.0 Å². The van der Waals surface area contributed by atoms with Crippen LogP contribution in [0, 0.1) is 11.8 Å². The predicted octanol–water partition coefficient (Wildman–Crippen LogP) is 1.30. The number of aliphatic hydroxyl groups is 1. The van der Waals surface area contributed by atoms with Crippen molar-refractivity contribution in [3.05, 3.63) is 36.8 Å². The minimum absolute atomic E-state index is 0.0355. The van der Waals surface area contributed by atoms with Gasteiger partial charge in [0.25, 0.3) is 5.91 Å². The third-order valence-electron chi connectivity index (χ3n) is 4.29. The minimum Gasteiger partial charge on any atom is -0.396 e. The maximum absolute atomic E-state index is 13.0. The van der Waals surface area contributed by atoms with Gasteiger partial charge in [-0.05, 0) is 6.42 Å². The molecule has 0 aliphatic carbocycles. The fourth-order valence-corrected chi connectivity index (χ4v) is 2.97. The molecule has 1 aliphatic heterocycles. The number of likely N-dealkylation sites (tertiary alicyclic amines) is 1. The molecule has 0 radical (unpaired) electrons. The molecule has 2 unspecified atom stereocenters. The molecule has 1 amide bonds. The molecule has 0 aromatic carbocycles. The van der Waals surface area contributed by atoms with Crippen molar-refractivity contribution in [2.24, 2.45) is 11.8 Å². The summed E-state index contributed by atoms with van der Waals surface area (Å²) in [5.41, 5.74) is 0.0355. The fraction of sp³-hybridized carbons (Fsp3) is 0.467. The maximum atomic E-state index is 13.0. The molecule has 7 nitrogen and oxygen atoms in total. The summed E-state index contributed by atoms with van der Waals surface area (Å²) in [7, 11) is 0. The zero-order valence-electron chi connectivity index (χ0n) is 13.1. The van der Waals surface area contributed by atoms with Gasteiger partial charge < -0.3 is 10.0 Å². The van der Waals surface area contributed by atoms with Crippen LogP contribution in [-0.2, 0) is 0 Å². The summed E-state index contributed by atoms with van der Waals surface area (Å²) in [6, 6.07) is 0. The number of carbonyl (C=O) groups excluding carboxylic acids is 1. The summed E-state index contributed by atoms with van der Waals surface area (Å²) in [4.78, 5) is 25.9. The first-order valence-electron chi connectivity index (χ1n) is 7.67. The Balaban J connectivity index is 1.77. The zero-order chi connectivity index (χ0) is 18.0. The number of hydrogen-bond donors (Lipinski definition) is 1. The van der Waals surface area contributed by atoms with Crippen LogP contribution in [0.2, 0.25) is 0 Å². The molecule has 25 heavy (non-hydrogen) atoms. The molecule has 1 N–H and O–H groups in total. The largest absolute Gasteiger partial charge is 0.396 e. The third kappa shape index (κ3) is 3.63. The number of nitrogens with zero attached hydrogens (tertiary/aromatic N) is 5. The average Bonchev–Trinajstić information content (AvgIpc) is 3.14. The summed E-state index contributed by atoms with van der Waals surface area (Å²) in [6.07, 6.45) is 2.77. The van der Waals surface area contributed by atoms with Gasteiger partial charge in [0.15, 0.2) is 5.82 Å². The number of carbonyl (C=O) groups is 1. The standard InChI is InChI=1S/C15H16F3N5O2/c16-15(17,18)11-1-3-22(7-10(11)8-24)14(25)12-5-20-6-13(21-12)23-4-2-19-9-23/h2,4-6,9-11,24H,1,3,7-8H2. The van der Waals surface area contributed by atoms with Crippen LogP contribution in [0.25, 0.3) is 5.82 Å². The molecule has 2 aromatic heterocycles. The molecule has 1 aliphatic rings. The molecule has 0 saturated carbocycles. The van der Waals surface area contributed by atoms with E-state index >= 15 is 0 Å². The Morgan fingerprint density at radius 1 is 1.32 bits per heavy atom. The zero-order valence-corrected chi connectivity index (χ0v) is 13.1. The number of rotatable bonds is 3. The molecular weight excluding hydrogens is 339 g/mol. The van der Waals surface area contributed by atoms with Gasteiger partial charge >= 0.3 is 6.18 Å². The summed E-state index contributed by atoms with van der Waals surface area (Å²) in [6.45, 7) is -0.846. The van der Waals surface area contributed by atoms with E-state index in [9.17, 15) is 23.1 Å². The SMILES string of the molecule is O=C(c1cncc(-n2ccnc2)n1)N1CCC(C(F)(F)F)C(CO)C1. The van der Waals surface area contributed by atoms with E-state index in [4.69, 9.17) is 0 Å². The molecular formula is C15H16F3N5O2. The number of amides is 1. The molecule has 3 heterocycles. The number of alkyl halides is 3. The van der Waals surface area contributed by atoms with Crippen LogP contribution in [0.4, 0.5) is 13.2 Å². The molecule has 3 rings (SSSR count). The summed E-state index contributed by atoms with van der Waals surface area (Å²) >= 11 is 0. The molecule has 0 bridgehead atoms. The second-order valence-electron chi connectivity index (χ2n) is 5.86. The van der Waals surface area contributed by atoms with Crippen molar-refractivity contribution >= 4 is 5.91 Å². The predicted molar refractivity (Wildman–Crippen MR) is 79.8 cm³/mol. The Morgan fingerprint density at radius 2 is 2.12 bits per heavy atom. The van der Waals surface area contributed by atoms with Crippen LogP contribution in [0.1, 0.15) is 16.9 Å². The first-order valence-corrected chi connectivity index (χ1v) is 7.67. The first kappa shape index (κ1) is 17.3. The maximum Gasteiger partial charge on any atom is 0.392 e. The number of aliphatic hydroxyl groups excluding tert-OH is 1. The van der Waals surface area contributed by atoms with Gasteiger partial charge in [0, 0.05) is 38.0 Å². The van der Waals surface area contributed by atoms with E-state index in [0.29, 0.717) is 5.82 Å². The van der Waals surface area contributed by atoms with Gasteiger partial charge in [0.2, 0.25) is 0 Å². The quantitative estimate of drug-likeness (QED) is 0.897. The third-order valence-corrected chi connectivity index (χ3v) is 4.29.